The van der Waals surface area contributed by atoms with Gasteiger partial charge < -0.3 is 4.74 Å². The van der Waals surface area contributed by atoms with Crippen molar-refractivity contribution in [2.45, 2.75) is 20.1 Å². The molecule has 0 aromatic heterocycles. The molecule has 0 radical (unpaired) electrons. The first-order valence-corrected chi connectivity index (χ1v) is 6.74. The first-order valence-electron chi connectivity index (χ1n) is 4.92. The van der Waals surface area contributed by atoms with E-state index in [1.165, 1.54) is 6.92 Å². The van der Waals surface area contributed by atoms with Crippen molar-refractivity contribution in [1.82, 2.24) is 0 Å². The lowest BCUT2D eigenvalue weighted by Gasteiger charge is -2.05. The molecule has 0 fully saturated rings. The normalized spacial score (nSPS) is 11.2. The minimum absolute atomic E-state index is 0.0211. The van der Waals surface area contributed by atoms with Crippen molar-refractivity contribution in [2.24, 2.45) is 0 Å². The van der Waals surface area contributed by atoms with Crippen LogP contribution >= 0.6 is 0 Å². The molecule has 0 saturated carbocycles. The lowest BCUT2D eigenvalue weighted by Crippen LogP contribution is -2.03. The summed E-state index contributed by atoms with van der Waals surface area (Å²) in [6.07, 6.45) is 0.996. The number of benzene rings is 1. The SMILES string of the molecule is CC(=O)OCc1cccc(COS(C)(=O)=O)c1. The van der Waals surface area contributed by atoms with Gasteiger partial charge in [0.15, 0.2) is 0 Å². The molecule has 0 bridgehead atoms. The molecule has 0 spiro atoms. The Bertz CT molecular complexity index is 492. The fourth-order valence-corrected chi connectivity index (χ4v) is 1.52. The van der Waals surface area contributed by atoms with Gasteiger partial charge in [0, 0.05) is 6.92 Å². The maximum absolute atomic E-state index is 10.8. The fraction of sp³-hybridized carbons (Fsp3) is 0.364. The quantitative estimate of drug-likeness (QED) is 0.587. The average molecular weight is 258 g/mol. The largest absolute Gasteiger partial charge is 0.461 e. The molecular weight excluding hydrogens is 244 g/mol. The predicted molar refractivity (Wildman–Crippen MR) is 61.5 cm³/mol. The van der Waals surface area contributed by atoms with Crippen LogP contribution in [-0.2, 0) is 37.0 Å². The number of carbonyl (C=O) groups is 1. The Labute approximate surface area is 100 Å². The Hall–Kier alpha value is -1.40. The summed E-state index contributed by atoms with van der Waals surface area (Å²) in [5.74, 6) is -0.359. The minimum Gasteiger partial charge on any atom is -0.461 e. The highest BCUT2D eigenvalue weighted by molar-refractivity contribution is 7.85. The van der Waals surface area contributed by atoms with Gasteiger partial charge in [-0.3, -0.25) is 8.98 Å². The van der Waals surface area contributed by atoms with Crippen LogP contribution in [0.15, 0.2) is 24.3 Å². The molecule has 0 aliphatic carbocycles. The molecular formula is C11H14O5S. The van der Waals surface area contributed by atoms with Crippen molar-refractivity contribution in [3.63, 3.8) is 0 Å². The smallest absolute Gasteiger partial charge is 0.302 e. The molecule has 5 nitrogen and oxygen atoms in total. The summed E-state index contributed by atoms with van der Waals surface area (Å²) >= 11 is 0. The molecule has 1 aromatic carbocycles. The summed E-state index contributed by atoms with van der Waals surface area (Å²) in [5.41, 5.74) is 1.50. The van der Waals surface area contributed by atoms with Gasteiger partial charge in [0.2, 0.25) is 0 Å². The number of esters is 1. The van der Waals surface area contributed by atoms with Crippen molar-refractivity contribution in [2.75, 3.05) is 6.26 Å². The summed E-state index contributed by atoms with van der Waals surface area (Å²) in [7, 11) is -3.45. The zero-order chi connectivity index (χ0) is 12.9. The lowest BCUT2D eigenvalue weighted by atomic mass is 10.1. The molecule has 0 aliphatic rings. The Kier molecular flexibility index (Phi) is 4.65. The van der Waals surface area contributed by atoms with E-state index in [1.807, 2.05) is 0 Å². The van der Waals surface area contributed by atoms with Crippen LogP contribution in [0.4, 0.5) is 0 Å². The molecule has 0 aliphatic heterocycles. The van der Waals surface area contributed by atoms with E-state index in [9.17, 15) is 13.2 Å². The van der Waals surface area contributed by atoms with Gasteiger partial charge in [-0.2, -0.15) is 8.42 Å². The summed E-state index contributed by atoms with van der Waals surface area (Å²) in [4.78, 5) is 10.6. The number of carbonyl (C=O) groups excluding carboxylic acids is 1. The van der Waals surface area contributed by atoms with E-state index < -0.39 is 10.1 Å². The van der Waals surface area contributed by atoms with E-state index in [0.29, 0.717) is 5.56 Å². The highest BCUT2D eigenvalue weighted by Crippen LogP contribution is 2.09. The maximum atomic E-state index is 10.8. The second kappa shape index (κ2) is 5.79. The van der Waals surface area contributed by atoms with Crippen LogP contribution in [-0.4, -0.2) is 20.6 Å². The summed E-state index contributed by atoms with van der Waals surface area (Å²) in [6.45, 7) is 1.48. The van der Waals surface area contributed by atoms with Crippen LogP contribution in [0.2, 0.25) is 0 Å². The number of hydrogen-bond donors (Lipinski definition) is 0. The molecule has 0 N–H and O–H groups in total. The molecule has 0 heterocycles. The zero-order valence-corrected chi connectivity index (χ0v) is 10.5. The molecule has 0 unspecified atom stereocenters. The van der Waals surface area contributed by atoms with E-state index in [0.717, 1.165) is 11.8 Å². The molecule has 1 rings (SSSR count). The standard InChI is InChI=1S/C11H14O5S/c1-9(12)15-7-10-4-3-5-11(6-10)8-16-17(2,13)14/h3-6H,7-8H2,1-2H3. The first kappa shape index (κ1) is 13.7. The predicted octanol–water partition coefficient (Wildman–Crippen LogP) is 1.23. The lowest BCUT2D eigenvalue weighted by molar-refractivity contribution is -0.142. The highest BCUT2D eigenvalue weighted by atomic mass is 32.2. The van der Waals surface area contributed by atoms with E-state index in [-0.39, 0.29) is 19.2 Å². The van der Waals surface area contributed by atoms with E-state index >= 15 is 0 Å². The number of hydrogen-bond acceptors (Lipinski definition) is 5. The van der Waals surface area contributed by atoms with Gasteiger partial charge >= 0.3 is 5.97 Å². The second-order valence-corrected chi connectivity index (χ2v) is 5.21. The molecule has 17 heavy (non-hydrogen) atoms. The monoisotopic (exact) mass is 258 g/mol. The summed E-state index contributed by atoms with van der Waals surface area (Å²) in [5, 5.41) is 0. The Morgan fingerprint density at radius 3 is 2.35 bits per heavy atom. The molecule has 0 amide bonds. The maximum Gasteiger partial charge on any atom is 0.302 e. The van der Waals surface area contributed by atoms with Gasteiger partial charge in [0.25, 0.3) is 10.1 Å². The van der Waals surface area contributed by atoms with Crippen molar-refractivity contribution < 1.29 is 22.1 Å². The third-order valence-electron chi connectivity index (χ3n) is 1.87. The third kappa shape index (κ3) is 6.03. The Morgan fingerprint density at radius 1 is 1.24 bits per heavy atom. The summed E-state index contributed by atoms with van der Waals surface area (Å²) in [6, 6.07) is 7.00. The van der Waals surface area contributed by atoms with Crippen LogP contribution in [0, 0.1) is 0 Å². The van der Waals surface area contributed by atoms with Crippen LogP contribution < -0.4 is 0 Å². The zero-order valence-electron chi connectivity index (χ0n) is 9.67. The number of ether oxygens (including phenoxy) is 1. The topological polar surface area (TPSA) is 69.7 Å². The van der Waals surface area contributed by atoms with Crippen LogP contribution in [0.3, 0.4) is 0 Å². The molecule has 6 heteroatoms. The van der Waals surface area contributed by atoms with Crippen molar-refractivity contribution in [3.05, 3.63) is 35.4 Å². The van der Waals surface area contributed by atoms with Gasteiger partial charge in [0.1, 0.15) is 6.61 Å². The van der Waals surface area contributed by atoms with Crippen molar-refractivity contribution >= 4 is 16.1 Å². The average Bonchev–Trinajstić information content (AvgIpc) is 2.23. The van der Waals surface area contributed by atoms with E-state index in [1.54, 1.807) is 24.3 Å². The summed E-state index contributed by atoms with van der Waals surface area (Å²) < 4.78 is 31.1. The van der Waals surface area contributed by atoms with Crippen LogP contribution in [0.25, 0.3) is 0 Å². The van der Waals surface area contributed by atoms with Crippen LogP contribution in [0.5, 0.6) is 0 Å². The van der Waals surface area contributed by atoms with Crippen molar-refractivity contribution in [3.8, 4) is 0 Å². The Morgan fingerprint density at radius 2 is 1.82 bits per heavy atom. The van der Waals surface area contributed by atoms with Crippen molar-refractivity contribution in [1.29, 1.82) is 0 Å². The number of rotatable bonds is 5. The minimum atomic E-state index is -3.45. The van der Waals surface area contributed by atoms with Gasteiger partial charge in [-0.1, -0.05) is 24.3 Å². The highest BCUT2D eigenvalue weighted by Gasteiger charge is 2.03. The third-order valence-corrected chi connectivity index (χ3v) is 2.42. The Balaban J connectivity index is 2.62. The molecule has 0 saturated heterocycles. The van der Waals surface area contributed by atoms with Gasteiger partial charge in [-0.25, -0.2) is 0 Å². The van der Waals surface area contributed by atoms with Gasteiger partial charge in [-0.15, -0.1) is 0 Å². The van der Waals surface area contributed by atoms with E-state index in [4.69, 9.17) is 4.74 Å². The fourth-order valence-electron chi connectivity index (χ4n) is 1.17. The van der Waals surface area contributed by atoms with Gasteiger partial charge in [0.05, 0.1) is 12.9 Å². The molecule has 1 aromatic rings. The van der Waals surface area contributed by atoms with Gasteiger partial charge in [-0.05, 0) is 11.1 Å². The van der Waals surface area contributed by atoms with E-state index in [2.05, 4.69) is 4.18 Å². The molecule has 0 atom stereocenters. The first-order chi connectivity index (χ1) is 7.87. The second-order valence-electron chi connectivity index (χ2n) is 3.57. The molecule has 94 valence electrons. The van der Waals surface area contributed by atoms with Crippen LogP contribution in [0.1, 0.15) is 18.1 Å².